The van der Waals surface area contributed by atoms with Crippen molar-refractivity contribution in [3.05, 3.63) is 87.2 Å². The summed E-state index contributed by atoms with van der Waals surface area (Å²) in [5, 5.41) is 11.3. The van der Waals surface area contributed by atoms with Crippen LogP contribution in [0.2, 0.25) is 15.1 Å². The van der Waals surface area contributed by atoms with Crippen LogP contribution in [-0.4, -0.2) is 26.7 Å². The van der Waals surface area contributed by atoms with Gasteiger partial charge in [0.25, 0.3) is 5.91 Å². The van der Waals surface area contributed by atoms with E-state index in [-0.39, 0.29) is 16.1 Å². The fraction of sp³-hybridized carbons (Fsp3) is 0.154. The summed E-state index contributed by atoms with van der Waals surface area (Å²) in [4.78, 5) is 28.1. The second-order valence-electron chi connectivity index (χ2n) is 9.27. The lowest BCUT2D eigenvalue weighted by Gasteiger charge is -2.14. The number of primary amides is 1. The molecule has 0 aliphatic heterocycles. The number of halogens is 3. The van der Waals surface area contributed by atoms with Crippen LogP contribution >= 0.6 is 34.8 Å². The molecule has 9 nitrogen and oxygen atoms in total. The van der Waals surface area contributed by atoms with Gasteiger partial charge in [-0.1, -0.05) is 55.6 Å². The van der Waals surface area contributed by atoms with E-state index in [9.17, 15) is 9.59 Å². The maximum atomic E-state index is 12.9. The average Bonchev–Trinajstić information content (AvgIpc) is 3.25. The van der Waals surface area contributed by atoms with E-state index in [1.165, 1.54) is 18.3 Å². The van der Waals surface area contributed by atoms with E-state index in [2.05, 4.69) is 20.7 Å². The average molecular weight is 574 g/mol. The van der Waals surface area contributed by atoms with Crippen LogP contribution < -0.4 is 21.1 Å². The smallest absolute Gasteiger partial charge is 0.324 e. The number of rotatable bonds is 6. The minimum absolute atomic E-state index is 0.0671. The van der Waals surface area contributed by atoms with Crippen LogP contribution in [0.15, 0.2) is 60.8 Å². The molecule has 2 aromatic heterocycles. The molecule has 0 saturated carbocycles. The summed E-state index contributed by atoms with van der Waals surface area (Å²) in [5.41, 5.74) is 6.72. The number of urea groups is 1. The number of anilines is 2. The summed E-state index contributed by atoms with van der Waals surface area (Å²) < 4.78 is 7.29. The molecule has 38 heavy (non-hydrogen) atoms. The lowest BCUT2D eigenvalue weighted by atomic mass is 9.92. The highest BCUT2D eigenvalue weighted by molar-refractivity contribution is 6.35. The highest BCUT2D eigenvalue weighted by Crippen LogP contribution is 2.31. The lowest BCUT2D eigenvalue weighted by molar-refractivity contribution is 0.0995. The maximum absolute atomic E-state index is 12.9. The number of aromatic nitrogens is 3. The number of amides is 3. The van der Waals surface area contributed by atoms with Crippen molar-refractivity contribution in [2.24, 2.45) is 5.73 Å². The number of nitrogens with one attached hydrogen (secondary N) is 2. The van der Waals surface area contributed by atoms with Gasteiger partial charge in [-0.05, 0) is 36.4 Å². The summed E-state index contributed by atoms with van der Waals surface area (Å²) in [5.74, 6) is 0.471. The Labute approximate surface area is 233 Å². The third-order valence-electron chi connectivity index (χ3n) is 5.22. The molecule has 2 aromatic carbocycles. The fourth-order valence-corrected chi connectivity index (χ4v) is 4.10. The first-order valence-corrected chi connectivity index (χ1v) is 12.4. The van der Waals surface area contributed by atoms with Gasteiger partial charge in [-0.15, -0.1) is 0 Å². The van der Waals surface area contributed by atoms with E-state index in [1.807, 2.05) is 20.8 Å². The zero-order valence-corrected chi connectivity index (χ0v) is 22.8. The Bertz CT molecular complexity index is 1510. The van der Waals surface area contributed by atoms with Crippen molar-refractivity contribution in [2.75, 3.05) is 10.6 Å². The molecule has 0 fully saturated rings. The maximum Gasteiger partial charge on any atom is 0.324 e. The normalized spacial score (nSPS) is 11.2. The molecule has 3 amide bonds. The first-order valence-electron chi connectivity index (χ1n) is 11.3. The monoisotopic (exact) mass is 572 g/mol. The summed E-state index contributed by atoms with van der Waals surface area (Å²) in [6.45, 7) is 6.04. The molecular formula is C26H23Cl3N6O3. The van der Waals surface area contributed by atoms with E-state index in [0.717, 1.165) is 5.69 Å². The van der Waals surface area contributed by atoms with E-state index in [0.29, 0.717) is 38.7 Å². The number of hydrogen-bond acceptors (Lipinski definition) is 5. The minimum atomic E-state index is -0.673. The van der Waals surface area contributed by atoms with E-state index in [1.54, 1.807) is 47.1 Å². The van der Waals surface area contributed by atoms with Gasteiger partial charge in [0.2, 0.25) is 0 Å². The summed E-state index contributed by atoms with van der Waals surface area (Å²) in [6, 6.07) is 13.9. The van der Waals surface area contributed by atoms with Crippen LogP contribution in [0.1, 0.15) is 37.0 Å². The molecule has 0 aliphatic rings. The van der Waals surface area contributed by atoms with Gasteiger partial charge < -0.3 is 15.8 Å². The molecule has 0 atom stereocenters. The summed E-state index contributed by atoms with van der Waals surface area (Å²) in [7, 11) is 0. The molecule has 12 heteroatoms. The molecule has 0 radical (unpaired) electrons. The Kier molecular flexibility index (Phi) is 7.82. The minimum Gasteiger partial charge on any atom is -0.457 e. The Morgan fingerprint density at radius 3 is 2.24 bits per heavy atom. The zero-order chi connectivity index (χ0) is 27.6. The third-order valence-corrected chi connectivity index (χ3v) is 5.97. The van der Waals surface area contributed by atoms with Gasteiger partial charge >= 0.3 is 6.03 Å². The second kappa shape index (κ2) is 10.9. The summed E-state index contributed by atoms with van der Waals surface area (Å²) in [6.07, 6.45) is 1.41. The lowest BCUT2D eigenvalue weighted by Crippen LogP contribution is -2.21. The van der Waals surface area contributed by atoms with Crippen molar-refractivity contribution in [3.8, 4) is 17.2 Å². The van der Waals surface area contributed by atoms with Gasteiger partial charge in [-0.2, -0.15) is 5.10 Å². The Hall–Kier alpha value is -3.79. The Balaban J connectivity index is 1.53. The Morgan fingerprint density at radius 1 is 0.921 bits per heavy atom. The molecule has 0 spiro atoms. The van der Waals surface area contributed by atoms with Crippen LogP contribution in [0.25, 0.3) is 5.69 Å². The van der Waals surface area contributed by atoms with Gasteiger partial charge in [0.1, 0.15) is 23.0 Å². The van der Waals surface area contributed by atoms with Crippen molar-refractivity contribution in [3.63, 3.8) is 0 Å². The molecule has 2 heterocycles. The molecule has 4 N–H and O–H groups in total. The molecule has 0 bridgehead atoms. The predicted octanol–water partition coefficient (Wildman–Crippen LogP) is 7.06. The van der Waals surface area contributed by atoms with Crippen LogP contribution in [0.3, 0.4) is 0 Å². The van der Waals surface area contributed by atoms with Gasteiger partial charge in [0.15, 0.2) is 0 Å². The number of hydrogen-bond donors (Lipinski definition) is 3. The van der Waals surface area contributed by atoms with Gasteiger partial charge in [-0.3, -0.25) is 15.1 Å². The second-order valence-corrected chi connectivity index (χ2v) is 10.5. The number of benzene rings is 2. The van der Waals surface area contributed by atoms with Crippen molar-refractivity contribution in [1.29, 1.82) is 0 Å². The number of carbonyl (C=O) groups is 2. The van der Waals surface area contributed by atoms with Gasteiger partial charge in [0, 0.05) is 39.9 Å². The number of pyridine rings is 1. The third kappa shape index (κ3) is 6.55. The van der Waals surface area contributed by atoms with Crippen molar-refractivity contribution in [2.45, 2.75) is 26.2 Å². The number of ether oxygens (including phenoxy) is 1. The molecule has 0 aliphatic carbocycles. The molecule has 0 unspecified atom stereocenters. The van der Waals surface area contributed by atoms with Crippen LogP contribution in [0.5, 0.6) is 11.5 Å². The van der Waals surface area contributed by atoms with Crippen molar-refractivity contribution in [1.82, 2.24) is 14.8 Å². The van der Waals surface area contributed by atoms with Gasteiger partial charge in [0.05, 0.1) is 22.1 Å². The van der Waals surface area contributed by atoms with Crippen LogP contribution in [0.4, 0.5) is 16.3 Å². The summed E-state index contributed by atoms with van der Waals surface area (Å²) >= 11 is 18.8. The number of nitrogens with zero attached hydrogens (tertiary/aromatic N) is 3. The first-order chi connectivity index (χ1) is 17.9. The predicted molar refractivity (Wildman–Crippen MR) is 149 cm³/mol. The molecule has 0 saturated heterocycles. The van der Waals surface area contributed by atoms with Crippen LogP contribution in [0, 0.1) is 0 Å². The topological polar surface area (TPSA) is 124 Å². The fourth-order valence-electron chi connectivity index (χ4n) is 3.37. The molecule has 4 aromatic rings. The van der Waals surface area contributed by atoms with E-state index < -0.39 is 11.9 Å². The highest BCUT2D eigenvalue weighted by Gasteiger charge is 2.22. The Morgan fingerprint density at radius 2 is 1.61 bits per heavy atom. The molecular weight excluding hydrogens is 551 g/mol. The van der Waals surface area contributed by atoms with Gasteiger partial charge in [-0.25, -0.2) is 9.48 Å². The quantitative estimate of drug-likeness (QED) is 0.228. The highest BCUT2D eigenvalue weighted by atomic mass is 35.5. The first kappa shape index (κ1) is 27.3. The van der Waals surface area contributed by atoms with E-state index >= 15 is 0 Å². The SMILES string of the molecule is CC(C)(C)c1cc(NC(=O)Nc2ccc(Oc3ccnc(C(N)=O)c3)cc2Cl)n(-c2cc(Cl)cc(Cl)c2)n1. The van der Waals surface area contributed by atoms with Crippen molar-refractivity contribution >= 4 is 58.2 Å². The molecule has 4 rings (SSSR count). The van der Waals surface area contributed by atoms with Crippen LogP contribution in [-0.2, 0) is 5.41 Å². The molecule has 196 valence electrons. The standard InChI is InChI=1S/C26H23Cl3N6O3/c1-26(2,3)22-13-23(35(34-22)16-9-14(27)8-15(28)10-16)33-25(37)32-20-5-4-17(11-19(20)29)38-18-6-7-31-21(12-18)24(30)36/h4-13H,1-3H3,(H2,30,36)(H2,32,33,37). The number of nitrogens with two attached hydrogens (primary N) is 1. The van der Waals surface area contributed by atoms with E-state index in [4.69, 9.17) is 45.3 Å². The zero-order valence-electron chi connectivity index (χ0n) is 20.6. The van der Waals surface area contributed by atoms with Crippen molar-refractivity contribution < 1.29 is 14.3 Å². The largest absolute Gasteiger partial charge is 0.457 e. The number of carbonyl (C=O) groups excluding carboxylic acids is 2.